The van der Waals surface area contributed by atoms with Gasteiger partial charge in [0, 0.05) is 52.5 Å². The lowest BCUT2D eigenvalue weighted by Crippen LogP contribution is -2.10. The minimum atomic E-state index is 0.650. The molecule has 9 aromatic rings. The molecule has 0 N–H and O–H groups in total. The molecule has 0 aliphatic carbocycles. The van der Waals surface area contributed by atoms with Crippen LogP contribution in [0.5, 0.6) is 0 Å². The second-order valence-corrected chi connectivity index (χ2v) is 12.8. The molecule has 0 saturated heterocycles. The Morgan fingerprint density at radius 3 is 1.86 bits per heavy atom. The van der Waals surface area contributed by atoms with E-state index in [0.717, 1.165) is 55.6 Å². The summed E-state index contributed by atoms with van der Waals surface area (Å²) < 4.78 is 2.21. The molecule has 0 unspecified atom stereocenters. The van der Waals surface area contributed by atoms with Gasteiger partial charge in [-0.25, -0.2) is 9.97 Å². The van der Waals surface area contributed by atoms with E-state index in [0.29, 0.717) is 5.95 Å². The number of hydrogen-bond donors (Lipinski definition) is 0. The zero-order chi connectivity index (χ0) is 34.3. The van der Waals surface area contributed by atoms with E-state index in [1.54, 1.807) is 0 Å². The van der Waals surface area contributed by atoms with Gasteiger partial charge in [-0.05, 0) is 75.2 Å². The molecule has 0 radical (unpaired) electrons. The lowest BCUT2D eigenvalue weighted by molar-refractivity contribution is 0.992. The second kappa shape index (κ2) is 12.6. The number of fused-ring (bicyclic) bond motifs is 5. The van der Waals surface area contributed by atoms with Crippen molar-refractivity contribution in [3.8, 4) is 39.3 Å². The lowest BCUT2D eigenvalue weighted by atomic mass is 9.98. The molecule has 0 spiro atoms. The SMILES string of the molecule is C=Cc1cc(-c2ccc3c(c2)c2ccc4ccccc4c2n3-c2ncc(-c3ccccc3)cn2)ccc1N(C)c1ccc(-c2ccccc2)cc1. The molecule has 0 atom stereocenters. The standard InChI is InChI=1S/C47H34N4/c1-3-32-28-37(21-26-44(32)50(2)40-23-18-35(19-24-40)33-12-6-4-7-13-33)38-22-27-45-43(29-38)42-25-20-36-16-10-11-17-41(36)46(42)51(45)47-48-30-39(31-49-47)34-14-8-5-9-15-34/h3-31H,1H2,2H3. The molecular formula is C47H34N4. The molecule has 0 fully saturated rings. The van der Waals surface area contributed by atoms with Crippen molar-refractivity contribution in [2.75, 3.05) is 11.9 Å². The third-order valence-electron chi connectivity index (χ3n) is 9.90. The van der Waals surface area contributed by atoms with E-state index in [1.165, 1.54) is 27.3 Å². The summed E-state index contributed by atoms with van der Waals surface area (Å²) in [5.41, 5.74) is 12.2. The van der Waals surface area contributed by atoms with Gasteiger partial charge in [0.2, 0.25) is 5.95 Å². The number of anilines is 2. The van der Waals surface area contributed by atoms with Gasteiger partial charge < -0.3 is 4.90 Å². The van der Waals surface area contributed by atoms with E-state index in [4.69, 9.17) is 9.97 Å². The maximum absolute atomic E-state index is 4.92. The Labute approximate surface area is 297 Å². The maximum Gasteiger partial charge on any atom is 0.234 e. The molecule has 4 nitrogen and oxygen atoms in total. The number of rotatable bonds is 7. The first-order valence-corrected chi connectivity index (χ1v) is 17.2. The maximum atomic E-state index is 4.92. The fraction of sp³-hybridized carbons (Fsp3) is 0.0213. The molecule has 0 saturated carbocycles. The van der Waals surface area contributed by atoms with E-state index in [2.05, 4.69) is 157 Å². The largest absolute Gasteiger partial charge is 0.344 e. The fourth-order valence-electron chi connectivity index (χ4n) is 7.23. The van der Waals surface area contributed by atoms with Gasteiger partial charge >= 0.3 is 0 Å². The van der Waals surface area contributed by atoms with Crippen molar-refractivity contribution in [2.45, 2.75) is 0 Å². The highest BCUT2D eigenvalue weighted by Crippen LogP contribution is 2.39. The molecule has 9 rings (SSSR count). The zero-order valence-electron chi connectivity index (χ0n) is 28.2. The number of benzene rings is 7. The molecule has 242 valence electrons. The van der Waals surface area contributed by atoms with Gasteiger partial charge in [-0.2, -0.15) is 0 Å². The van der Waals surface area contributed by atoms with Crippen molar-refractivity contribution < 1.29 is 0 Å². The average molecular weight is 655 g/mol. The van der Waals surface area contributed by atoms with Crippen molar-refractivity contribution in [1.29, 1.82) is 0 Å². The first-order valence-electron chi connectivity index (χ1n) is 17.2. The molecule has 2 aromatic heterocycles. The van der Waals surface area contributed by atoms with E-state index in [1.807, 2.05) is 42.7 Å². The number of nitrogens with zero attached hydrogens (tertiary/aromatic N) is 4. The van der Waals surface area contributed by atoms with Gasteiger partial charge in [0.1, 0.15) is 0 Å². The van der Waals surface area contributed by atoms with Crippen molar-refractivity contribution >= 4 is 50.0 Å². The highest BCUT2D eigenvalue weighted by Gasteiger charge is 2.18. The van der Waals surface area contributed by atoms with Crippen LogP contribution in [0.25, 0.3) is 78.0 Å². The van der Waals surface area contributed by atoms with Crippen LogP contribution in [0.15, 0.2) is 177 Å². The van der Waals surface area contributed by atoms with Crippen molar-refractivity contribution in [1.82, 2.24) is 14.5 Å². The summed E-state index contributed by atoms with van der Waals surface area (Å²) in [6, 6.07) is 55.8. The van der Waals surface area contributed by atoms with Crippen molar-refractivity contribution in [3.63, 3.8) is 0 Å². The van der Waals surface area contributed by atoms with Crippen LogP contribution < -0.4 is 4.90 Å². The van der Waals surface area contributed by atoms with Gasteiger partial charge in [0.05, 0.1) is 11.0 Å². The summed E-state index contributed by atoms with van der Waals surface area (Å²) in [5.74, 6) is 0.650. The van der Waals surface area contributed by atoms with Gasteiger partial charge in [0.15, 0.2) is 0 Å². The van der Waals surface area contributed by atoms with Gasteiger partial charge in [0.25, 0.3) is 0 Å². The lowest BCUT2D eigenvalue weighted by Gasteiger charge is -2.23. The molecule has 51 heavy (non-hydrogen) atoms. The number of hydrogen-bond acceptors (Lipinski definition) is 3. The number of aromatic nitrogens is 3. The van der Waals surface area contributed by atoms with Crippen LogP contribution in [-0.4, -0.2) is 21.6 Å². The van der Waals surface area contributed by atoms with E-state index >= 15 is 0 Å². The van der Waals surface area contributed by atoms with Crippen LogP contribution in [0, 0.1) is 0 Å². The molecule has 7 aromatic carbocycles. The topological polar surface area (TPSA) is 34.0 Å². The molecule has 0 bridgehead atoms. The van der Waals surface area contributed by atoms with E-state index in [9.17, 15) is 0 Å². The van der Waals surface area contributed by atoms with Crippen LogP contribution >= 0.6 is 0 Å². The Morgan fingerprint density at radius 2 is 1.14 bits per heavy atom. The average Bonchev–Trinajstić information content (AvgIpc) is 3.55. The Kier molecular flexibility index (Phi) is 7.48. The monoisotopic (exact) mass is 654 g/mol. The van der Waals surface area contributed by atoms with Crippen LogP contribution in [0.3, 0.4) is 0 Å². The zero-order valence-corrected chi connectivity index (χ0v) is 28.2. The summed E-state index contributed by atoms with van der Waals surface area (Å²) in [4.78, 5) is 12.1. The Hall–Kier alpha value is -6.78. The normalized spacial score (nSPS) is 11.3. The van der Waals surface area contributed by atoms with Crippen molar-refractivity contribution in [3.05, 3.63) is 182 Å². The van der Waals surface area contributed by atoms with E-state index < -0.39 is 0 Å². The molecule has 2 heterocycles. The highest BCUT2D eigenvalue weighted by atomic mass is 15.1. The quantitative estimate of drug-likeness (QED) is 0.171. The predicted octanol–water partition coefficient (Wildman–Crippen LogP) is 12.1. The summed E-state index contributed by atoms with van der Waals surface area (Å²) in [7, 11) is 2.11. The highest BCUT2D eigenvalue weighted by molar-refractivity contribution is 6.19. The van der Waals surface area contributed by atoms with Crippen LogP contribution in [0.4, 0.5) is 11.4 Å². The second-order valence-electron chi connectivity index (χ2n) is 12.8. The first kappa shape index (κ1) is 30.3. The first-order chi connectivity index (χ1) is 25.2. The Balaban J connectivity index is 1.12. The summed E-state index contributed by atoms with van der Waals surface area (Å²) >= 11 is 0. The third kappa shape index (κ3) is 5.34. The van der Waals surface area contributed by atoms with Gasteiger partial charge in [-0.15, -0.1) is 0 Å². The van der Waals surface area contributed by atoms with Crippen LogP contribution in [0.2, 0.25) is 0 Å². The van der Waals surface area contributed by atoms with Crippen LogP contribution in [-0.2, 0) is 0 Å². The van der Waals surface area contributed by atoms with E-state index in [-0.39, 0.29) is 0 Å². The van der Waals surface area contributed by atoms with Crippen LogP contribution in [0.1, 0.15) is 5.56 Å². The van der Waals surface area contributed by atoms with Gasteiger partial charge in [-0.3, -0.25) is 4.57 Å². The third-order valence-corrected chi connectivity index (χ3v) is 9.90. The smallest absolute Gasteiger partial charge is 0.234 e. The summed E-state index contributed by atoms with van der Waals surface area (Å²) in [6.07, 6.45) is 5.78. The molecular weight excluding hydrogens is 621 g/mol. The molecule has 0 aliphatic heterocycles. The fourth-order valence-corrected chi connectivity index (χ4v) is 7.23. The minimum Gasteiger partial charge on any atom is -0.344 e. The Bertz CT molecular complexity index is 2690. The predicted molar refractivity (Wildman–Crippen MR) is 215 cm³/mol. The molecule has 0 amide bonds. The van der Waals surface area contributed by atoms with Gasteiger partial charge in [-0.1, -0.05) is 134 Å². The summed E-state index contributed by atoms with van der Waals surface area (Å²) in [6.45, 7) is 4.19. The molecule has 0 aliphatic rings. The Morgan fingerprint density at radius 1 is 0.529 bits per heavy atom. The molecule has 4 heteroatoms. The summed E-state index contributed by atoms with van der Waals surface area (Å²) in [5, 5.41) is 4.67. The minimum absolute atomic E-state index is 0.650. The van der Waals surface area contributed by atoms with Crippen molar-refractivity contribution in [2.24, 2.45) is 0 Å².